The number of anilines is 1. The standard InChI is InChI=1S/C21H22N6O4S/c1-12-14(3)27(11-22-12)19-10-20(24-16(5)23-19)30-18-8-6-17(7-9-18)26-32(28,29)21-13(2)25-31-15(21)4/h6-11,26H,1-5H3. The second kappa shape index (κ2) is 8.08. The lowest BCUT2D eigenvalue weighted by atomic mass is 10.3. The molecule has 0 atom stereocenters. The Bertz CT molecular complexity index is 1370. The lowest BCUT2D eigenvalue weighted by molar-refractivity contribution is 0.390. The summed E-state index contributed by atoms with van der Waals surface area (Å²) in [6, 6.07) is 8.21. The van der Waals surface area contributed by atoms with Crippen molar-refractivity contribution in [1.82, 2.24) is 24.7 Å². The van der Waals surface area contributed by atoms with E-state index in [2.05, 4.69) is 24.8 Å². The van der Waals surface area contributed by atoms with E-state index in [1.54, 1.807) is 57.4 Å². The highest BCUT2D eigenvalue weighted by molar-refractivity contribution is 7.92. The molecule has 0 amide bonds. The third-order valence-corrected chi connectivity index (χ3v) is 6.49. The van der Waals surface area contributed by atoms with Crippen molar-refractivity contribution in [3.8, 4) is 17.4 Å². The van der Waals surface area contributed by atoms with Crippen molar-refractivity contribution in [3.05, 3.63) is 65.3 Å². The van der Waals surface area contributed by atoms with Crippen LogP contribution in [0.25, 0.3) is 5.82 Å². The Kier molecular flexibility index (Phi) is 5.43. The van der Waals surface area contributed by atoms with E-state index in [9.17, 15) is 8.42 Å². The van der Waals surface area contributed by atoms with Crippen LogP contribution in [0.5, 0.6) is 11.6 Å². The highest BCUT2D eigenvalue weighted by Crippen LogP contribution is 2.26. The van der Waals surface area contributed by atoms with Crippen LogP contribution in [-0.2, 0) is 10.0 Å². The molecule has 3 aromatic heterocycles. The molecule has 166 valence electrons. The van der Waals surface area contributed by atoms with E-state index >= 15 is 0 Å². The van der Waals surface area contributed by atoms with Gasteiger partial charge in [0.05, 0.1) is 5.69 Å². The number of hydrogen-bond acceptors (Lipinski definition) is 8. The van der Waals surface area contributed by atoms with Gasteiger partial charge in [-0.1, -0.05) is 5.16 Å². The number of aromatic nitrogens is 5. The maximum atomic E-state index is 12.7. The molecule has 0 fully saturated rings. The van der Waals surface area contributed by atoms with E-state index in [0.29, 0.717) is 34.7 Å². The van der Waals surface area contributed by atoms with Gasteiger partial charge >= 0.3 is 0 Å². The summed E-state index contributed by atoms with van der Waals surface area (Å²) in [5, 5.41) is 3.70. The van der Waals surface area contributed by atoms with Gasteiger partial charge in [0.2, 0.25) is 5.88 Å². The van der Waals surface area contributed by atoms with Crippen LogP contribution in [0.2, 0.25) is 0 Å². The third-order valence-electron chi connectivity index (χ3n) is 4.87. The molecule has 0 bridgehead atoms. The molecule has 4 rings (SSSR count). The van der Waals surface area contributed by atoms with E-state index in [1.165, 1.54) is 0 Å². The summed E-state index contributed by atoms with van der Waals surface area (Å²) in [5.74, 6) is 2.28. The lowest BCUT2D eigenvalue weighted by Gasteiger charge is -2.11. The molecule has 32 heavy (non-hydrogen) atoms. The molecular weight excluding hydrogens is 432 g/mol. The maximum Gasteiger partial charge on any atom is 0.267 e. The number of ether oxygens (including phenoxy) is 1. The number of nitrogens with one attached hydrogen (secondary N) is 1. The summed E-state index contributed by atoms with van der Waals surface area (Å²) in [5.41, 5.74) is 2.57. The predicted octanol–water partition coefficient (Wildman–Crippen LogP) is 3.79. The molecule has 0 saturated heterocycles. The zero-order valence-corrected chi connectivity index (χ0v) is 19.1. The van der Waals surface area contributed by atoms with E-state index in [4.69, 9.17) is 9.26 Å². The number of benzene rings is 1. The minimum Gasteiger partial charge on any atom is -0.439 e. The van der Waals surface area contributed by atoms with Crippen LogP contribution in [0, 0.1) is 34.6 Å². The fraction of sp³-hybridized carbons (Fsp3) is 0.238. The van der Waals surface area contributed by atoms with Crippen LogP contribution >= 0.6 is 0 Å². The maximum absolute atomic E-state index is 12.7. The van der Waals surface area contributed by atoms with Crippen molar-refractivity contribution in [2.45, 2.75) is 39.5 Å². The van der Waals surface area contributed by atoms with Crippen LogP contribution in [0.15, 0.2) is 46.1 Å². The number of sulfonamides is 1. The zero-order valence-electron chi connectivity index (χ0n) is 18.2. The van der Waals surface area contributed by atoms with Crippen LogP contribution in [0.4, 0.5) is 5.69 Å². The molecule has 1 aromatic carbocycles. The predicted molar refractivity (Wildman–Crippen MR) is 117 cm³/mol. The van der Waals surface area contributed by atoms with Crippen molar-refractivity contribution < 1.29 is 17.7 Å². The smallest absolute Gasteiger partial charge is 0.267 e. The Hall–Kier alpha value is -3.73. The summed E-state index contributed by atoms with van der Waals surface area (Å²) in [6.07, 6.45) is 1.70. The Morgan fingerprint density at radius 3 is 2.31 bits per heavy atom. The topological polar surface area (TPSA) is 125 Å². The Morgan fingerprint density at radius 1 is 1.00 bits per heavy atom. The Morgan fingerprint density at radius 2 is 1.72 bits per heavy atom. The molecule has 10 nitrogen and oxygen atoms in total. The fourth-order valence-electron chi connectivity index (χ4n) is 3.21. The van der Waals surface area contributed by atoms with E-state index in [-0.39, 0.29) is 10.7 Å². The van der Waals surface area contributed by atoms with Crippen molar-refractivity contribution in [1.29, 1.82) is 0 Å². The first-order valence-electron chi connectivity index (χ1n) is 9.74. The molecule has 0 saturated carbocycles. The summed E-state index contributed by atoms with van der Waals surface area (Å²) in [6.45, 7) is 8.80. The normalized spacial score (nSPS) is 11.5. The fourth-order valence-corrected chi connectivity index (χ4v) is 4.60. The molecule has 0 aliphatic rings. The van der Waals surface area contributed by atoms with Crippen molar-refractivity contribution in [2.24, 2.45) is 0 Å². The molecule has 0 unspecified atom stereocenters. The highest BCUT2D eigenvalue weighted by Gasteiger charge is 2.24. The summed E-state index contributed by atoms with van der Waals surface area (Å²) < 4.78 is 40.5. The molecule has 0 spiro atoms. The van der Waals surface area contributed by atoms with Crippen LogP contribution in [0.1, 0.15) is 28.7 Å². The number of aryl methyl sites for hydroxylation is 4. The first kappa shape index (κ1) is 21.5. The van der Waals surface area contributed by atoms with Crippen LogP contribution in [-0.4, -0.2) is 33.1 Å². The first-order valence-corrected chi connectivity index (χ1v) is 11.2. The summed E-state index contributed by atoms with van der Waals surface area (Å²) >= 11 is 0. The van der Waals surface area contributed by atoms with Gasteiger partial charge in [-0.05, 0) is 58.9 Å². The van der Waals surface area contributed by atoms with Crippen molar-refractivity contribution in [2.75, 3.05) is 4.72 Å². The van der Waals surface area contributed by atoms with Crippen LogP contribution < -0.4 is 9.46 Å². The van der Waals surface area contributed by atoms with Crippen molar-refractivity contribution >= 4 is 15.7 Å². The zero-order chi connectivity index (χ0) is 23.0. The third kappa shape index (κ3) is 4.19. The van der Waals surface area contributed by atoms with Gasteiger partial charge in [0.15, 0.2) is 10.7 Å². The highest BCUT2D eigenvalue weighted by atomic mass is 32.2. The minimum atomic E-state index is -3.82. The van der Waals surface area contributed by atoms with Gasteiger partial charge in [-0.15, -0.1) is 0 Å². The average molecular weight is 455 g/mol. The molecular formula is C21H22N6O4S. The van der Waals surface area contributed by atoms with Gasteiger partial charge in [0.1, 0.15) is 29.4 Å². The van der Waals surface area contributed by atoms with E-state index in [1.807, 2.05) is 18.4 Å². The molecule has 3 heterocycles. The lowest BCUT2D eigenvalue weighted by Crippen LogP contribution is -2.14. The molecule has 11 heteroatoms. The van der Waals surface area contributed by atoms with Gasteiger partial charge in [-0.2, -0.15) is 4.98 Å². The van der Waals surface area contributed by atoms with Gasteiger partial charge in [-0.3, -0.25) is 9.29 Å². The first-order chi connectivity index (χ1) is 15.1. The second-order valence-electron chi connectivity index (χ2n) is 7.28. The van der Waals surface area contributed by atoms with Gasteiger partial charge in [0, 0.05) is 17.4 Å². The Balaban J connectivity index is 1.54. The average Bonchev–Trinajstić information content (AvgIpc) is 3.24. The summed E-state index contributed by atoms with van der Waals surface area (Å²) in [4.78, 5) is 13.1. The van der Waals surface area contributed by atoms with Gasteiger partial charge in [-0.25, -0.2) is 18.4 Å². The van der Waals surface area contributed by atoms with Gasteiger partial charge in [0.25, 0.3) is 10.0 Å². The number of hydrogen-bond donors (Lipinski definition) is 1. The summed E-state index contributed by atoms with van der Waals surface area (Å²) in [7, 11) is -3.82. The number of imidazole rings is 1. The number of nitrogens with zero attached hydrogens (tertiary/aromatic N) is 5. The van der Waals surface area contributed by atoms with Crippen molar-refractivity contribution in [3.63, 3.8) is 0 Å². The Labute approximate surface area is 185 Å². The number of rotatable bonds is 6. The van der Waals surface area contributed by atoms with Crippen LogP contribution in [0.3, 0.4) is 0 Å². The molecule has 1 N–H and O–H groups in total. The quantitative estimate of drug-likeness (QED) is 0.466. The molecule has 0 aliphatic carbocycles. The molecule has 0 radical (unpaired) electrons. The van der Waals surface area contributed by atoms with E-state index in [0.717, 1.165) is 11.4 Å². The second-order valence-corrected chi connectivity index (χ2v) is 8.90. The SMILES string of the molecule is Cc1nc(Oc2ccc(NS(=O)(=O)c3c(C)noc3C)cc2)cc(-n2cnc(C)c2C)n1. The van der Waals surface area contributed by atoms with Gasteiger partial charge < -0.3 is 9.26 Å². The largest absolute Gasteiger partial charge is 0.439 e. The molecule has 4 aromatic rings. The van der Waals surface area contributed by atoms with E-state index < -0.39 is 10.0 Å². The minimum absolute atomic E-state index is 0.0341. The molecule has 0 aliphatic heterocycles. The monoisotopic (exact) mass is 454 g/mol.